The second-order valence-corrected chi connectivity index (χ2v) is 4.36. The van der Waals surface area contributed by atoms with Crippen LogP contribution in [0.1, 0.15) is 6.92 Å². The average Bonchev–Trinajstić information content (AvgIpc) is 2.27. The first-order valence-corrected chi connectivity index (χ1v) is 5.88. The van der Waals surface area contributed by atoms with Crippen molar-refractivity contribution < 1.29 is 19.1 Å². The lowest BCUT2D eigenvalue weighted by Crippen LogP contribution is -2.39. The van der Waals surface area contributed by atoms with Gasteiger partial charge in [-0.3, -0.25) is 9.59 Å². The Labute approximate surface area is 102 Å². The van der Waals surface area contributed by atoms with Crippen LogP contribution in [0.25, 0.3) is 0 Å². The molecule has 4 nitrogen and oxygen atoms in total. The Balaban J connectivity index is 2.44. The third kappa shape index (κ3) is 4.44. The highest BCUT2D eigenvalue weighted by molar-refractivity contribution is 8.00. The van der Waals surface area contributed by atoms with Crippen LogP contribution in [0.4, 0.5) is 4.39 Å². The Bertz CT molecular complexity index is 425. The van der Waals surface area contributed by atoms with Crippen LogP contribution in [0.15, 0.2) is 29.2 Å². The molecule has 0 spiro atoms. The monoisotopic (exact) mass is 257 g/mol. The summed E-state index contributed by atoms with van der Waals surface area (Å²) in [7, 11) is 0. The predicted molar refractivity (Wildman–Crippen MR) is 62.4 cm³/mol. The Hall–Kier alpha value is -1.56. The fourth-order valence-electron chi connectivity index (χ4n) is 1.05. The highest BCUT2D eigenvalue weighted by Gasteiger charge is 2.14. The highest BCUT2D eigenvalue weighted by Crippen LogP contribution is 2.20. The van der Waals surface area contributed by atoms with Gasteiger partial charge in [-0.15, -0.1) is 11.8 Å². The van der Waals surface area contributed by atoms with Crippen LogP contribution in [-0.2, 0) is 9.59 Å². The summed E-state index contributed by atoms with van der Waals surface area (Å²) in [5, 5.41) is 10.9. The molecule has 0 aliphatic rings. The van der Waals surface area contributed by atoms with Crippen molar-refractivity contribution in [1.82, 2.24) is 5.32 Å². The standard InChI is InChI=1S/C11H12FNO3S/c1-7(11(15)16)13-10(14)6-17-9-5-3-2-4-8(9)12/h2-5,7H,6H2,1H3,(H,13,14)(H,15,16). The second kappa shape index (κ2) is 6.24. The summed E-state index contributed by atoms with van der Waals surface area (Å²) in [5.41, 5.74) is 0. The molecule has 0 radical (unpaired) electrons. The van der Waals surface area contributed by atoms with Gasteiger partial charge in [-0.05, 0) is 19.1 Å². The van der Waals surface area contributed by atoms with Gasteiger partial charge in [-0.1, -0.05) is 12.1 Å². The number of thioether (sulfide) groups is 1. The molecule has 0 saturated heterocycles. The number of nitrogens with one attached hydrogen (secondary N) is 1. The zero-order valence-corrected chi connectivity index (χ0v) is 9.96. The molecule has 92 valence electrons. The van der Waals surface area contributed by atoms with Crippen LogP contribution in [0.3, 0.4) is 0 Å². The Kier molecular flexibility index (Phi) is 4.96. The molecule has 0 saturated carbocycles. The molecule has 0 heterocycles. The lowest BCUT2D eigenvalue weighted by atomic mass is 10.3. The third-order valence-corrected chi connectivity index (χ3v) is 2.99. The van der Waals surface area contributed by atoms with Crippen LogP contribution in [0, 0.1) is 5.82 Å². The number of halogens is 1. The van der Waals surface area contributed by atoms with Crippen molar-refractivity contribution in [3.05, 3.63) is 30.1 Å². The minimum absolute atomic E-state index is 0.0153. The number of carboxylic acid groups (broad SMARTS) is 1. The summed E-state index contributed by atoms with van der Waals surface area (Å²) in [4.78, 5) is 22.2. The maximum absolute atomic E-state index is 13.2. The summed E-state index contributed by atoms with van der Waals surface area (Å²) in [6, 6.07) is 5.16. The minimum Gasteiger partial charge on any atom is -0.480 e. The Morgan fingerprint density at radius 1 is 1.47 bits per heavy atom. The van der Waals surface area contributed by atoms with E-state index in [-0.39, 0.29) is 5.75 Å². The predicted octanol–water partition coefficient (Wildman–Crippen LogP) is 1.51. The highest BCUT2D eigenvalue weighted by atomic mass is 32.2. The van der Waals surface area contributed by atoms with E-state index < -0.39 is 23.7 Å². The first kappa shape index (κ1) is 13.5. The third-order valence-electron chi connectivity index (χ3n) is 1.94. The zero-order chi connectivity index (χ0) is 12.8. The summed E-state index contributed by atoms with van der Waals surface area (Å²) in [5.74, 6) is -1.95. The van der Waals surface area contributed by atoms with Crippen molar-refractivity contribution in [2.45, 2.75) is 17.9 Å². The van der Waals surface area contributed by atoms with E-state index in [2.05, 4.69) is 5.32 Å². The number of hydrogen-bond acceptors (Lipinski definition) is 3. The summed E-state index contributed by atoms with van der Waals surface area (Å²) >= 11 is 1.03. The van der Waals surface area contributed by atoms with Crippen molar-refractivity contribution in [2.75, 3.05) is 5.75 Å². The number of aliphatic carboxylic acids is 1. The molecule has 1 unspecified atom stereocenters. The van der Waals surface area contributed by atoms with E-state index >= 15 is 0 Å². The van der Waals surface area contributed by atoms with E-state index in [1.54, 1.807) is 18.2 Å². The molecule has 1 rings (SSSR count). The molecular weight excluding hydrogens is 245 g/mol. The van der Waals surface area contributed by atoms with Gasteiger partial charge in [-0.25, -0.2) is 4.39 Å². The van der Waals surface area contributed by atoms with Crippen LogP contribution < -0.4 is 5.32 Å². The number of amides is 1. The SMILES string of the molecule is CC(NC(=O)CSc1ccccc1F)C(=O)O. The molecule has 0 fully saturated rings. The molecule has 1 atom stereocenters. The van der Waals surface area contributed by atoms with Crippen molar-refractivity contribution in [1.29, 1.82) is 0 Å². The molecule has 2 N–H and O–H groups in total. The first-order valence-electron chi connectivity index (χ1n) is 4.90. The number of benzene rings is 1. The van der Waals surface area contributed by atoms with E-state index in [0.717, 1.165) is 11.8 Å². The first-order chi connectivity index (χ1) is 8.00. The van der Waals surface area contributed by atoms with Crippen LogP contribution in [0.5, 0.6) is 0 Å². The lowest BCUT2D eigenvalue weighted by Gasteiger charge is -2.08. The Morgan fingerprint density at radius 3 is 2.71 bits per heavy atom. The van der Waals surface area contributed by atoms with Crippen LogP contribution >= 0.6 is 11.8 Å². The maximum atomic E-state index is 13.2. The van der Waals surface area contributed by atoms with Crippen molar-refractivity contribution in [2.24, 2.45) is 0 Å². The minimum atomic E-state index is -1.10. The molecule has 0 bridgehead atoms. The number of rotatable bonds is 5. The molecule has 0 aliphatic heterocycles. The molecular formula is C11H12FNO3S. The van der Waals surface area contributed by atoms with E-state index in [1.165, 1.54) is 13.0 Å². The largest absolute Gasteiger partial charge is 0.480 e. The second-order valence-electron chi connectivity index (χ2n) is 3.35. The molecule has 17 heavy (non-hydrogen) atoms. The lowest BCUT2D eigenvalue weighted by molar-refractivity contribution is -0.140. The van der Waals surface area contributed by atoms with Crippen molar-refractivity contribution in [3.63, 3.8) is 0 Å². The van der Waals surface area contributed by atoms with E-state index in [0.29, 0.717) is 4.90 Å². The fourth-order valence-corrected chi connectivity index (χ4v) is 1.80. The van der Waals surface area contributed by atoms with E-state index in [4.69, 9.17) is 5.11 Å². The molecule has 1 amide bonds. The Morgan fingerprint density at radius 2 is 2.12 bits per heavy atom. The van der Waals surface area contributed by atoms with Gasteiger partial charge in [0.1, 0.15) is 11.9 Å². The summed E-state index contributed by atoms with van der Waals surface area (Å²) < 4.78 is 13.2. The summed E-state index contributed by atoms with van der Waals surface area (Å²) in [6.07, 6.45) is 0. The summed E-state index contributed by atoms with van der Waals surface area (Å²) in [6.45, 7) is 1.37. The molecule has 1 aromatic rings. The maximum Gasteiger partial charge on any atom is 0.325 e. The van der Waals surface area contributed by atoms with Crippen LogP contribution in [0.2, 0.25) is 0 Å². The van der Waals surface area contributed by atoms with E-state index in [9.17, 15) is 14.0 Å². The molecule has 0 aromatic heterocycles. The fraction of sp³-hybridized carbons (Fsp3) is 0.273. The number of hydrogen-bond donors (Lipinski definition) is 2. The van der Waals surface area contributed by atoms with Crippen LogP contribution in [-0.4, -0.2) is 28.8 Å². The normalized spacial score (nSPS) is 11.9. The number of carboxylic acids is 1. The van der Waals surface area contributed by atoms with Gasteiger partial charge in [0.05, 0.1) is 5.75 Å². The van der Waals surface area contributed by atoms with Gasteiger partial charge in [0.25, 0.3) is 0 Å². The molecule has 6 heteroatoms. The van der Waals surface area contributed by atoms with Gasteiger partial charge in [0.15, 0.2) is 0 Å². The zero-order valence-electron chi connectivity index (χ0n) is 9.14. The topological polar surface area (TPSA) is 66.4 Å². The number of carbonyl (C=O) groups is 2. The van der Waals surface area contributed by atoms with Gasteiger partial charge in [0, 0.05) is 4.90 Å². The van der Waals surface area contributed by atoms with Crippen molar-refractivity contribution in [3.8, 4) is 0 Å². The van der Waals surface area contributed by atoms with Crippen molar-refractivity contribution >= 4 is 23.6 Å². The number of carbonyl (C=O) groups excluding carboxylic acids is 1. The van der Waals surface area contributed by atoms with Gasteiger partial charge in [0.2, 0.25) is 5.91 Å². The average molecular weight is 257 g/mol. The van der Waals surface area contributed by atoms with E-state index in [1.807, 2.05) is 0 Å². The van der Waals surface area contributed by atoms with Gasteiger partial charge < -0.3 is 10.4 Å². The van der Waals surface area contributed by atoms with Gasteiger partial charge >= 0.3 is 5.97 Å². The molecule has 0 aliphatic carbocycles. The van der Waals surface area contributed by atoms with Gasteiger partial charge in [-0.2, -0.15) is 0 Å². The quantitative estimate of drug-likeness (QED) is 0.785. The smallest absolute Gasteiger partial charge is 0.325 e. The molecule has 1 aromatic carbocycles.